The maximum Gasteiger partial charge on any atom is 0.325 e. The van der Waals surface area contributed by atoms with E-state index in [1.54, 1.807) is 0 Å². The molecule has 1 aromatic rings. The third-order valence-electron chi connectivity index (χ3n) is 2.72. The summed E-state index contributed by atoms with van der Waals surface area (Å²) < 4.78 is 4.54. The Morgan fingerprint density at radius 1 is 1.43 bits per heavy atom. The van der Waals surface area contributed by atoms with Crippen LogP contribution in [0, 0.1) is 10.1 Å². The van der Waals surface area contributed by atoms with E-state index in [1.807, 2.05) is 6.92 Å². The Morgan fingerprint density at radius 2 is 2.10 bits per heavy atom. The molecular weight excluding hydrogens is 300 g/mol. The predicted molar refractivity (Wildman–Crippen MR) is 76.3 cm³/mol. The molecule has 8 heteroatoms. The number of ether oxygens (including phenoxy) is 1. The molecule has 0 aliphatic heterocycles. The number of benzene rings is 1. The summed E-state index contributed by atoms with van der Waals surface area (Å²) >= 11 is 5.78. The third-order valence-corrected chi connectivity index (χ3v) is 3.02. The minimum absolute atomic E-state index is 0.125. The molecule has 0 unspecified atom stereocenters. The molecule has 0 aromatic heterocycles. The van der Waals surface area contributed by atoms with Crippen LogP contribution in [0.1, 0.15) is 23.7 Å². The maximum absolute atomic E-state index is 12.3. The summed E-state index contributed by atoms with van der Waals surface area (Å²) in [7, 11) is 1.24. The van der Waals surface area contributed by atoms with Gasteiger partial charge in [-0.25, -0.2) is 0 Å². The van der Waals surface area contributed by atoms with Crippen LogP contribution < -0.4 is 0 Å². The van der Waals surface area contributed by atoms with Gasteiger partial charge in [0, 0.05) is 18.2 Å². The van der Waals surface area contributed by atoms with Gasteiger partial charge in [-0.15, -0.1) is 0 Å². The number of rotatable bonds is 6. The zero-order chi connectivity index (χ0) is 16.0. The van der Waals surface area contributed by atoms with Crippen LogP contribution in [-0.4, -0.2) is 41.9 Å². The second-order valence-corrected chi connectivity index (χ2v) is 4.63. The van der Waals surface area contributed by atoms with E-state index in [9.17, 15) is 19.7 Å². The molecule has 0 fully saturated rings. The SMILES string of the molecule is CCCN(CC(=O)OC)C(=O)c1ccc([N+](=O)[O-])c(Cl)c1. The molecule has 7 nitrogen and oxygen atoms in total. The first-order valence-corrected chi connectivity index (χ1v) is 6.58. The average molecular weight is 315 g/mol. The Morgan fingerprint density at radius 3 is 2.57 bits per heavy atom. The van der Waals surface area contributed by atoms with Crippen LogP contribution in [0.3, 0.4) is 0 Å². The van der Waals surface area contributed by atoms with Crippen molar-refractivity contribution < 1.29 is 19.2 Å². The zero-order valence-corrected chi connectivity index (χ0v) is 12.4. The molecule has 1 rings (SSSR count). The van der Waals surface area contributed by atoms with Crippen LogP contribution in [0.2, 0.25) is 5.02 Å². The van der Waals surface area contributed by atoms with E-state index in [0.29, 0.717) is 13.0 Å². The van der Waals surface area contributed by atoms with Gasteiger partial charge in [-0.3, -0.25) is 19.7 Å². The van der Waals surface area contributed by atoms with Crippen LogP contribution in [0.15, 0.2) is 18.2 Å². The fraction of sp³-hybridized carbons (Fsp3) is 0.385. The van der Waals surface area contributed by atoms with Crippen molar-refractivity contribution in [2.24, 2.45) is 0 Å². The molecule has 0 N–H and O–H groups in total. The van der Waals surface area contributed by atoms with Crippen molar-refractivity contribution in [2.45, 2.75) is 13.3 Å². The van der Waals surface area contributed by atoms with Gasteiger partial charge in [0.25, 0.3) is 11.6 Å². The highest BCUT2D eigenvalue weighted by atomic mass is 35.5. The Hall–Kier alpha value is -2.15. The molecule has 0 aliphatic carbocycles. The van der Waals surface area contributed by atoms with Gasteiger partial charge in [-0.1, -0.05) is 18.5 Å². The number of carbonyl (C=O) groups is 2. The van der Waals surface area contributed by atoms with Gasteiger partial charge in [0.05, 0.1) is 12.0 Å². The van der Waals surface area contributed by atoms with E-state index in [2.05, 4.69) is 4.74 Å². The monoisotopic (exact) mass is 314 g/mol. The van der Waals surface area contributed by atoms with Gasteiger partial charge in [0.15, 0.2) is 0 Å². The van der Waals surface area contributed by atoms with Gasteiger partial charge in [-0.05, 0) is 18.6 Å². The summed E-state index contributed by atoms with van der Waals surface area (Å²) in [6.45, 7) is 2.04. The lowest BCUT2D eigenvalue weighted by Crippen LogP contribution is -2.36. The van der Waals surface area contributed by atoms with Crippen molar-refractivity contribution >= 4 is 29.2 Å². The number of carbonyl (C=O) groups excluding carboxylic acids is 2. The molecule has 0 atom stereocenters. The number of methoxy groups -OCH3 is 1. The van der Waals surface area contributed by atoms with Gasteiger partial charge in [0.1, 0.15) is 11.6 Å². The first kappa shape index (κ1) is 16.9. The van der Waals surface area contributed by atoms with Crippen molar-refractivity contribution in [3.8, 4) is 0 Å². The quantitative estimate of drug-likeness (QED) is 0.456. The largest absolute Gasteiger partial charge is 0.468 e. The lowest BCUT2D eigenvalue weighted by molar-refractivity contribution is -0.384. The van der Waals surface area contributed by atoms with Gasteiger partial charge < -0.3 is 9.64 Å². The molecule has 1 amide bonds. The van der Waals surface area contributed by atoms with Crippen LogP contribution in [0.5, 0.6) is 0 Å². The second-order valence-electron chi connectivity index (χ2n) is 4.23. The number of nitro groups is 1. The van der Waals surface area contributed by atoms with E-state index in [1.165, 1.54) is 24.1 Å². The molecule has 0 saturated heterocycles. The van der Waals surface area contributed by atoms with Crippen LogP contribution >= 0.6 is 11.6 Å². The van der Waals surface area contributed by atoms with Gasteiger partial charge >= 0.3 is 5.97 Å². The zero-order valence-electron chi connectivity index (χ0n) is 11.7. The highest BCUT2D eigenvalue weighted by Crippen LogP contribution is 2.25. The van der Waals surface area contributed by atoms with E-state index >= 15 is 0 Å². The first-order valence-electron chi connectivity index (χ1n) is 6.20. The Kier molecular flexibility index (Phi) is 6.10. The second kappa shape index (κ2) is 7.58. The number of esters is 1. The standard InChI is InChI=1S/C13H15ClN2O5/c1-3-6-15(8-12(17)21-2)13(18)9-4-5-11(16(19)20)10(14)7-9/h4-5,7H,3,6,8H2,1-2H3. The highest BCUT2D eigenvalue weighted by Gasteiger charge is 2.21. The summed E-state index contributed by atoms with van der Waals surface area (Å²) in [5.41, 5.74) is -0.0915. The van der Waals surface area contributed by atoms with Crippen molar-refractivity contribution in [3.05, 3.63) is 38.9 Å². The van der Waals surface area contributed by atoms with Crippen LogP contribution in [-0.2, 0) is 9.53 Å². The Balaban J connectivity index is 3.00. The van der Waals surface area contributed by atoms with Gasteiger partial charge in [-0.2, -0.15) is 0 Å². The summed E-state index contributed by atoms with van der Waals surface area (Å²) in [6.07, 6.45) is 0.656. The molecule has 0 saturated carbocycles. The highest BCUT2D eigenvalue weighted by molar-refractivity contribution is 6.33. The topological polar surface area (TPSA) is 89.8 Å². The molecule has 114 valence electrons. The van der Waals surface area contributed by atoms with Crippen molar-refractivity contribution in [3.63, 3.8) is 0 Å². The summed E-state index contributed by atoms with van der Waals surface area (Å²) in [6, 6.07) is 3.70. The Bertz CT molecular complexity index is 561. The number of halogens is 1. The molecule has 0 radical (unpaired) electrons. The fourth-order valence-electron chi connectivity index (χ4n) is 1.71. The third kappa shape index (κ3) is 4.42. The van der Waals surface area contributed by atoms with E-state index in [0.717, 1.165) is 6.07 Å². The number of hydrogen-bond donors (Lipinski definition) is 0. The summed E-state index contributed by atoms with van der Waals surface area (Å²) in [5, 5.41) is 10.6. The summed E-state index contributed by atoms with van der Waals surface area (Å²) in [5.74, 6) is -0.969. The minimum atomic E-state index is -0.630. The van der Waals surface area contributed by atoms with Gasteiger partial charge in [0.2, 0.25) is 0 Å². The molecular formula is C13H15ClN2O5. The normalized spacial score (nSPS) is 10.0. The van der Waals surface area contributed by atoms with Crippen LogP contribution in [0.25, 0.3) is 0 Å². The minimum Gasteiger partial charge on any atom is -0.468 e. The Labute approximate surface area is 126 Å². The van der Waals surface area contributed by atoms with Crippen LogP contribution in [0.4, 0.5) is 5.69 Å². The smallest absolute Gasteiger partial charge is 0.325 e. The number of nitrogens with zero attached hydrogens (tertiary/aromatic N) is 2. The van der Waals surface area contributed by atoms with Crippen molar-refractivity contribution in [2.75, 3.05) is 20.2 Å². The fourth-order valence-corrected chi connectivity index (χ4v) is 1.96. The molecule has 0 heterocycles. The lowest BCUT2D eigenvalue weighted by Gasteiger charge is -2.20. The van der Waals surface area contributed by atoms with E-state index in [4.69, 9.17) is 11.6 Å². The molecule has 21 heavy (non-hydrogen) atoms. The average Bonchev–Trinajstić information content (AvgIpc) is 2.45. The van der Waals surface area contributed by atoms with E-state index in [-0.39, 0.29) is 22.8 Å². The lowest BCUT2D eigenvalue weighted by atomic mass is 10.1. The van der Waals surface area contributed by atoms with Crippen molar-refractivity contribution in [1.29, 1.82) is 0 Å². The summed E-state index contributed by atoms with van der Waals surface area (Å²) in [4.78, 5) is 35.0. The maximum atomic E-state index is 12.3. The van der Waals surface area contributed by atoms with Crippen molar-refractivity contribution in [1.82, 2.24) is 4.90 Å². The molecule has 0 spiro atoms. The first-order chi connectivity index (χ1) is 9.90. The predicted octanol–water partition coefficient (Wildman–Crippen LogP) is 2.27. The van der Waals surface area contributed by atoms with E-state index < -0.39 is 16.8 Å². The molecule has 0 aliphatic rings. The number of hydrogen-bond acceptors (Lipinski definition) is 5. The molecule has 0 bridgehead atoms. The number of nitro benzene ring substituents is 1. The number of amides is 1. The molecule has 1 aromatic carbocycles.